The average molecular weight is 226 g/mol. The molecule has 2 nitrogen and oxygen atoms in total. The van der Waals surface area contributed by atoms with Gasteiger partial charge in [-0.15, -0.1) is 0 Å². The molecule has 0 aromatic carbocycles. The molecule has 2 heteroatoms. The zero-order valence-electron chi connectivity index (χ0n) is 11.5. The lowest BCUT2D eigenvalue weighted by molar-refractivity contribution is 0.315. The lowest BCUT2D eigenvalue weighted by Gasteiger charge is -2.16. The molecule has 0 radical (unpaired) electrons. The van der Waals surface area contributed by atoms with E-state index in [-0.39, 0.29) is 0 Å². The number of hydrogen-bond donors (Lipinski definition) is 1. The van der Waals surface area contributed by atoms with Crippen molar-refractivity contribution in [1.29, 1.82) is 0 Å². The Hall–Kier alpha value is -0.0800. The van der Waals surface area contributed by atoms with Gasteiger partial charge in [-0.1, -0.05) is 33.6 Å². The summed E-state index contributed by atoms with van der Waals surface area (Å²) in [5.41, 5.74) is 0. The van der Waals surface area contributed by atoms with Gasteiger partial charge in [0.05, 0.1) is 0 Å². The van der Waals surface area contributed by atoms with Crippen LogP contribution in [-0.2, 0) is 0 Å². The van der Waals surface area contributed by atoms with Gasteiger partial charge in [0, 0.05) is 12.6 Å². The van der Waals surface area contributed by atoms with Gasteiger partial charge in [-0.25, -0.2) is 0 Å². The first-order chi connectivity index (χ1) is 7.72. The van der Waals surface area contributed by atoms with Gasteiger partial charge in [-0.3, -0.25) is 0 Å². The molecule has 0 saturated carbocycles. The van der Waals surface area contributed by atoms with Crippen LogP contribution in [0.15, 0.2) is 0 Å². The third-order valence-corrected chi connectivity index (χ3v) is 3.46. The molecule has 0 aromatic heterocycles. The Morgan fingerprint density at radius 1 is 1.31 bits per heavy atom. The normalized spacial score (nSPS) is 22.1. The van der Waals surface area contributed by atoms with Crippen molar-refractivity contribution in [3.8, 4) is 0 Å². The monoisotopic (exact) mass is 226 g/mol. The summed E-state index contributed by atoms with van der Waals surface area (Å²) in [6, 6.07) is 0.769. The van der Waals surface area contributed by atoms with Gasteiger partial charge in [0.15, 0.2) is 0 Å². The third-order valence-electron chi connectivity index (χ3n) is 3.46. The summed E-state index contributed by atoms with van der Waals surface area (Å²) in [5, 5.41) is 3.63. The van der Waals surface area contributed by atoms with E-state index in [1.165, 1.54) is 58.3 Å². The standard InChI is InChI=1S/C14H30N2/c1-4-9-15-14-8-11-16(12-14)10-6-5-7-13(2)3/h13-15H,4-12H2,1-3H3. The Balaban J connectivity index is 1.98. The van der Waals surface area contributed by atoms with Gasteiger partial charge in [-0.05, 0) is 44.8 Å². The van der Waals surface area contributed by atoms with E-state index in [9.17, 15) is 0 Å². The average Bonchev–Trinajstić information content (AvgIpc) is 2.69. The molecule has 1 fully saturated rings. The summed E-state index contributed by atoms with van der Waals surface area (Å²) in [6.45, 7) is 12.0. The van der Waals surface area contributed by atoms with Crippen LogP contribution in [0, 0.1) is 5.92 Å². The zero-order valence-corrected chi connectivity index (χ0v) is 11.5. The Bertz CT molecular complexity index is 168. The van der Waals surface area contributed by atoms with Gasteiger partial charge < -0.3 is 10.2 Å². The highest BCUT2D eigenvalue weighted by molar-refractivity contribution is 4.80. The summed E-state index contributed by atoms with van der Waals surface area (Å²) >= 11 is 0. The third kappa shape index (κ3) is 5.86. The van der Waals surface area contributed by atoms with Crippen molar-refractivity contribution in [1.82, 2.24) is 10.2 Å². The molecule has 1 rings (SSSR count). The molecule has 1 aliphatic rings. The van der Waals surface area contributed by atoms with Crippen LogP contribution in [-0.4, -0.2) is 37.1 Å². The second kappa shape index (κ2) is 8.08. The molecule has 1 aliphatic heterocycles. The molecule has 0 aromatic rings. The van der Waals surface area contributed by atoms with Crippen molar-refractivity contribution in [2.75, 3.05) is 26.2 Å². The van der Waals surface area contributed by atoms with Gasteiger partial charge >= 0.3 is 0 Å². The maximum Gasteiger partial charge on any atom is 0.0207 e. The summed E-state index contributed by atoms with van der Waals surface area (Å²) < 4.78 is 0. The van der Waals surface area contributed by atoms with Crippen LogP contribution < -0.4 is 5.32 Å². The van der Waals surface area contributed by atoms with Gasteiger partial charge in [0.25, 0.3) is 0 Å². The van der Waals surface area contributed by atoms with Crippen LogP contribution in [0.5, 0.6) is 0 Å². The fourth-order valence-electron chi connectivity index (χ4n) is 2.44. The van der Waals surface area contributed by atoms with Gasteiger partial charge in [0.2, 0.25) is 0 Å². The first-order valence-corrected chi connectivity index (χ1v) is 7.18. The van der Waals surface area contributed by atoms with Gasteiger partial charge in [-0.2, -0.15) is 0 Å². The van der Waals surface area contributed by atoms with Crippen LogP contribution in [0.4, 0.5) is 0 Å². The molecule has 1 N–H and O–H groups in total. The van der Waals surface area contributed by atoms with Crippen molar-refractivity contribution >= 4 is 0 Å². The summed E-state index contributed by atoms with van der Waals surface area (Å²) in [4.78, 5) is 2.63. The van der Waals surface area contributed by atoms with Crippen molar-refractivity contribution in [3.63, 3.8) is 0 Å². The predicted octanol–water partition coefficient (Wildman–Crippen LogP) is 2.89. The number of rotatable bonds is 8. The van der Waals surface area contributed by atoms with Crippen LogP contribution in [0.2, 0.25) is 0 Å². The van der Waals surface area contributed by atoms with Crippen LogP contribution in [0.1, 0.15) is 52.9 Å². The van der Waals surface area contributed by atoms with E-state index in [0.717, 1.165) is 12.0 Å². The van der Waals surface area contributed by atoms with Crippen LogP contribution >= 0.6 is 0 Å². The fourth-order valence-corrected chi connectivity index (χ4v) is 2.44. The molecule has 0 spiro atoms. The van der Waals surface area contributed by atoms with Crippen LogP contribution in [0.3, 0.4) is 0 Å². The topological polar surface area (TPSA) is 15.3 Å². The molecular weight excluding hydrogens is 196 g/mol. The van der Waals surface area contributed by atoms with E-state index in [0.29, 0.717) is 0 Å². The highest BCUT2D eigenvalue weighted by Gasteiger charge is 2.20. The quantitative estimate of drug-likeness (QED) is 0.640. The summed E-state index contributed by atoms with van der Waals surface area (Å²) in [7, 11) is 0. The van der Waals surface area contributed by atoms with Gasteiger partial charge in [0.1, 0.15) is 0 Å². The van der Waals surface area contributed by atoms with Crippen molar-refractivity contribution in [2.45, 2.75) is 58.9 Å². The number of hydrogen-bond acceptors (Lipinski definition) is 2. The number of likely N-dealkylation sites (tertiary alicyclic amines) is 1. The molecule has 1 saturated heterocycles. The Kier molecular flexibility index (Phi) is 7.06. The lowest BCUT2D eigenvalue weighted by Crippen LogP contribution is -2.33. The second-order valence-electron chi connectivity index (χ2n) is 5.63. The summed E-state index contributed by atoms with van der Waals surface area (Å²) in [5.74, 6) is 0.873. The zero-order chi connectivity index (χ0) is 11.8. The minimum Gasteiger partial charge on any atom is -0.313 e. The fraction of sp³-hybridized carbons (Fsp3) is 1.00. The van der Waals surface area contributed by atoms with E-state index < -0.39 is 0 Å². The first kappa shape index (κ1) is 14.0. The summed E-state index contributed by atoms with van der Waals surface area (Å²) in [6.07, 6.45) is 6.79. The van der Waals surface area contributed by atoms with Crippen molar-refractivity contribution < 1.29 is 0 Å². The maximum atomic E-state index is 3.63. The molecule has 0 aliphatic carbocycles. The largest absolute Gasteiger partial charge is 0.313 e. The highest BCUT2D eigenvalue weighted by atomic mass is 15.2. The van der Waals surface area contributed by atoms with E-state index in [1.807, 2.05) is 0 Å². The Morgan fingerprint density at radius 3 is 2.81 bits per heavy atom. The number of nitrogens with zero attached hydrogens (tertiary/aromatic N) is 1. The number of nitrogens with one attached hydrogen (secondary N) is 1. The molecule has 96 valence electrons. The molecule has 0 amide bonds. The number of unbranched alkanes of at least 4 members (excludes halogenated alkanes) is 1. The van der Waals surface area contributed by atoms with E-state index >= 15 is 0 Å². The molecule has 0 bridgehead atoms. The Labute approximate surface area is 102 Å². The van der Waals surface area contributed by atoms with Crippen molar-refractivity contribution in [2.24, 2.45) is 5.92 Å². The predicted molar refractivity (Wildman–Crippen MR) is 71.8 cm³/mol. The second-order valence-corrected chi connectivity index (χ2v) is 5.63. The first-order valence-electron chi connectivity index (χ1n) is 7.18. The molecule has 1 heterocycles. The smallest absolute Gasteiger partial charge is 0.0207 e. The van der Waals surface area contributed by atoms with E-state index in [2.05, 4.69) is 31.0 Å². The Morgan fingerprint density at radius 2 is 2.12 bits per heavy atom. The SMILES string of the molecule is CCCNC1CCN(CCCCC(C)C)C1. The van der Waals surface area contributed by atoms with E-state index in [4.69, 9.17) is 0 Å². The minimum atomic E-state index is 0.769. The maximum absolute atomic E-state index is 3.63. The minimum absolute atomic E-state index is 0.769. The van der Waals surface area contributed by atoms with E-state index in [1.54, 1.807) is 0 Å². The molecule has 1 atom stereocenters. The molecule has 1 unspecified atom stereocenters. The van der Waals surface area contributed by atoms with Crippen molar-refractivity contribution in [3.05, 3.63) is 0 Å². The lowest BCUT2D eigenvalue weighted by atomic mass is 10.1. The van der Waals surface area contributed by atoms with Crippen LogP contribution in [0.25, 0.3) is 0 Å². The molecule has 16 heavy (non-hydrogen) atoms. The highest BCUT2D eigenvalue weighted by Crippen LogP contribution is 2.12. The molecular formula is C14H30N2.